The first-order chi connectivity index (χ1) is 13.0. The molecule has 5 nitrogen and oxygen atoms in total. The van der Waals surface area contributed by atoms with Crippen LogP contribution in [0.1, 0.15) is 46.9 Å². The number of hydrogen-bond acceptors (Lipinski definition) is 5. The number of carboxylic acid groups (broad SMARTS) is 1. The van der Waals surface area contributed by atoms with Gasteiger partial charge in [0.05, 0.1) is 27.2 Å². The molecule has 0 aliphatic carbocycles. The number of carboxylic acids is 1. The van der Waals surface area contributed by atoms with Gasteiger partial charge in [-0.05, 0) is 34.6 Å². The molecule has 136 valence electrons. The minimum Gasteiger partial charge on any atom is -0.478 e. The average Bonchev–Trinajstić information content (AvgIpc) is 3.31. The summed E-state index contributed by atoms with van der Waals surface area (Å²) in [6.45, 7) is 4.30. The van der Waals surface area contributed by atoms with Crippen LogP contribution in [-0.4, -0.2) is 21.2 Å². The van der Waals surface area contributed by atoms with Gasteiger partial charge in [0, 0.05) is 6.42 Å². The molecule has 3 aromatic heterocycles. The molecule has 4 aromatic rings. The molecule has 0 fully saturated rings. The Morgan fingerprint density at radius 3 is 2.63 bits per heavy atom. The van der Waals surface area contributed by atoms with E-state index >= 15 is 0 Å². The van der Waals surface area contributed by atoms with Gasteiger partial charge in [0.2, 0.25) is 0 Å². The van der Waals surface area contributed by atoms with E-state index in [-0.39, 0.29) is 11.3 Å². The maximum atomic E-state index is 11.9. The van der Waals surface area contributed by atoms with E-state index in [9.17, 15) is 9.90 Å². The zero-order chi connectivity index (χ0) is 19.0. The molecule has 27 heavy (non-hydrogen) atoms. The van der Waals surface area contributed by atoms with E-state index in [0.29, 0.717) is 29.1 Å². The Hall–Kier alpha value is -2.99. The van der Waals surface area contributed by atoms with Gasteiger partial charge >= 0.3 is 5.97 Å². The molecule has 0 aliphatic rings. The first-order valence-electron chi connectivity index (χ1n) is 8.68. The topological polar surface area (TPSA) is 76.2 Å². The highest BCUT2D eigenvalue weighted by molar-refractivity contribution is 7.13. The van der Waals surface area contributed by atoms with Gasteiger partial charge in [0.15, 0.2) is 0 Å². The Bertz CT molecular complexity index is 1100. The molecule has 0 unspecified atom stereocenters. The summed E-state index contributed by atoms with van der Waals surface area (Å²) in [5, 5.41) is 16.2. The Morgan fingerprint density at radius 2 is 2.00 bits per heavy atom. The zero-order valence-electron chi connectivity index (χ0n) is 15.0. The molecular formula is C21H18N2O3S. The van der Waals surface area contributed by atoms with Gasteiger partial charge in [-0.3, -0.25) is 0 Å². The SMILES string of the molecule is CC(C)c1ccc(Cc2noc3nc(-c4cccs4)cc(C(=O)O)c23)cc1. The molecule has 1 aromatic carbocycles. The summed E-state index contributed by atoms with van der Waals surface area (Å²) in [7, 11) is 0. The molecular weight excluding hydrogens is 360 g/mol. The molecule has 6 heteroatoms. The predicted molar refractivity (Wildman–Crippen MR) is 105 cm³/mol. The summed E-state index contributed by atoms with van der Waals surface area (Å²) < 4.78 is 5.39. The van der Waals surface area contributed by atoms with Crippen molar-refractivity contribution in [2.45, 2.75) is 26.2 Å². The number of nitrogens with zero attached hydrogens (tertiary/aromatic N) is 2. The van der Waals surface area contributed by atoms with Crippen molar-refractivity contribution in [3.05, 3.63) is 70.2 Å². The molecule has 0 saturated heterocycles. The minimum absolute atomic E-state index is 0.165. The maximum absolute atomic E-state index is 11.9. The zero-order valence-corrected chi connectivity index (χ0v) is 15.8. The smallest absolute Gasteiger partial charge is 0.336 e. The van der Waals surface area contributed by atoms with E-state index in [2.05, 4.69) is 36.1 Å². The fourth-order valence-electron chi connectivity index (χ4n) is 3.06. The van der Waals surface area contributed by atoms with Gasteiger partial charge in [-0.2, -0.15) is 0 Å². The number of benzene rings is 1. The van der Waals surface area contributed by atoms with Gasteiger partial charge in [-0.25, -0.2) is 9.78 Å². The predicted octanol–water partition coefficient (Wildman–Crippen LogP) is 5.36. The van der Waals surface area contributed by atoms with Crippen LogP contribution in [0, 0.1) is 0 Å². The Balaban J connectivity index is 1.77. The van der Waals surface area contributed by atoms with Crippen LogP contribution in [0.5, 0.6) is 0 Å². The van der Waals surface area contributed by atoms with Crippen LogP contribution >= 0.6 is 11.3 Å². The highest BCUT2D eigenvalue weighted by Crippen LogP contribution is 2.30. The Kier molecular flexibility index (Phi) is 4.49. The fraction of sp³-hybridized carbons (Fsp3) is 0.190. The molecule has 4 rings (SSSR count). The number of carbonyl (C=O) groups is 1. The molecule has 1 N–H and O–H groups in total. The van der Waals surface area contributed by atoms with Gasteiger partial charge in [0.1, 0.15) is 0 Å². The number of hydrogen-bond donors (Lipinski definition) is 1. The second kappa shape index (κ2) is 6.96. The minimum atomic E-state index is -1.01. The van der Waals surface area contributed by atoms with Crippen LogP contribution in [0.4, 0.5) is 0 Å². The standard InChI is InChI=1S/C21H18N2O3S/c1-12(2)14-7-5-13(6-8-14)10-17-19-15(21(24)25)11-16(18-4-3-9-27-18)22-20(19)26-23-17/h3-9,11-12H,10H2,1-2H3,(H,24,25). The van der Waals surface area contributed by atoms with E-state index in [1.165, 1.54) is 16.9 Å². The summed E-state index contributed by atoms with van der Waals surface area (Å²) in [5.74, 6) is -0.551. The van der Waals surface area contributed by atoms with Crippen molar-refractivity contribution in [1.82, 2.24) is 10.1 Å². The van der Waals surface area contributed by atoms with Crippen LogP contribution in [0.2, 0.25) is 0 Å². The van der Waals surface area contributed by atoms with Gasteiger partial charge < -0.3 is 9.63 Å². The molecule has 0 atom stereocenters. The third kappa shape index (κ3) is 3.36. The largest absolute Gasteiger partial charge is 0.478 e. The third-order valence-corrected chi connectivity index (χ3v) is 5.43. The summed E-state index contributed by atoms with van der Waals surface area (Å²) in [5.41, 5.74) is 3.90. The van der Waals surface area contributed by atoms with Crippen molar-refractivity contribution in [2.24, 2.45) is 0 Å². The lowest BCUT2D eigenvalue weighted by Gasteiger charge is -2.06. The Morgan fingerprint density at radius 1 is 1.22 bits per heavy atom. The van der Waals surface area contributed by atoms with Crippen molar-refractivity contribution in [3.8, 4) is 10.6 Å². The summed E-state index contributed by atoms with van der Waals surface area (Å²) in [6, 6.07) is 13.7. The van der Waals surface area contributed by atoms with Crippen LogP contribution in [0.3, 0.4) is 0 Å². The molecule has 0 amide bonds. The van der Waals surface area contributed by atoms with Gasteiger partial charge in [-0.15, -0.1) is 11.3 Å². The molecule has 0 radical (unpaired) electrons. The van der Waals surface area contributed by atoms with Crippen molar-refractivity contribution in [3.63, 3.8) is 0 Å². The highest BCUT2D eigenvalue weighted by Gasteiger charge is 2.21. The summed E-state index contributed by atoms with van der Waals surface area (Å²) >= 11 is 1.50. The van der Waals surface area contributed by atoms with Crippen LogP contribution in [-0.2, 0) is 6.42 Å². The van der Waals surface area contributed by atoms with E-state index in [1.807, 2.05) is 29.6 Å². The maximum Gasteiger partial charge on any atom is 0.336 e. The summed E-state index contributed by atoms with van der Waals surface area (Å²) in [6.07, 6.45) is 0.492. The first kappa shape index (κ1) is 17.4. The van der Waals surface area contributed by atoms with Crippen molar-refractivity contribution >= 4 is 28.4 Å². The number of fused-ring (bicyclic) bond motifs is 1. The number of aromatic nitrogens is 2. The van der Waals surface area contributed by atoms with Crippen molar-refractivity contribution in [1.29, 1.82) is 0 Å². The van der Waals surface area contributed by atoms with Crippen molar-refractivity contribution in [2.75, 3.05) is 0 Å². The summed E-state index contributed by atoms with van der Waals surface area (Å²) in [4.78, 5) is 17.2. The average molecular weight is 378 g/mol. The van der Waals surface area contributed by atoms with Crippen LogP contribution in [0.25, 0.3) is 21.7 Å². The molecule has 0 spiro atoms. The van der Waals surface area contributed by atoms with E-state index in [1.54, 1.807) is 6.07 Å². The normalized spacial score (nSPS) is 11.4. The quantitative estimate of drug-likeness (QED) is 0.506. The second-order valence-electron chi connectivity index (χ2n) is 6.72. The lowest BCUT2D eigenvalue weighted by molar-refractivity contribution is 0.0699. The van der Waals surface area contributed by atoms with Crippen molar-refractivity contribution < 1.29 is 14.4 Å². The van der Waals surface area contributed by atoms with Crippen LogP contribution < -0.4 is 0 Å². The highest BCUT2D eigenvalue weighted by atomic mass is 32.1. The molecule has 3 heterocycles. The number of aromatic carboxylic acids is 1. The van der Waals surface area contributed by atoms with Gasteiger partial charge in [0.25, 0.3) is 5.71 Å². The Labute approximate surface area is 160 Å². The monoisotopic (exact) mass is 378 g/mol. The fourth-order valence-corrected chi connectivity index (χ4v) is 3.75. The molecule has 0 aliphatic heterocycles. The van der Waals surface area contributed by atoms with E-state index in [0.717, 1.165) is 10.4 Å². The van der Waals surface area contributed by atoms with E-state index in [4.69, 9.17) is 4.52 Å². The molecule has 0 bridgehead atoms. The van der Waals surface area contributed by atoms with Gasteiger partial charge in [-0.1, -0.05) is 49.3 Å². The third-order valence-electron chi connectivity index (χ3n) is 4.54. The number of rotatable bonds is 5. The lowest BCUT2D eigenvalue weighted by atomic mass is 9.99. The number of pyridine rings is 1. The second-order valence-corrected chi connectivity index (χ2v) is 7.67. The first-order valence-corrected chi connectivity index (χ1v) is 9.56. The van der Waals surface area contributed by atoms with Crippen LogP contribution in [0.15, 0.2) is 52.4 Å². The lowest BCUT2D eigenvalue weighted by Crippen LogP contribution is -2.01. The molecule has 0 saturated carbocycles. The van der Waals surface area contributed by atoms with E-state index < -0.39 is 5.97 Å². The number of thiophene rings is 1.